The molecule has 1 aliphatic heterocycles. The minimum atomic E-state index is 0.293. The highest BCUT2D eigenvalue weighted by atomic mass is 16.3. The van der Waals surface area contributed by atoms with E-state index in [0.717, 1.165) is 37.0 Å². The third-order valence-corrected chi connectivity index (χ3v) is 4.73. The van der Waals surface area contributed by atoms with Crippen molar-refractivity contribution in [3.05, 3.63) is 24.0 Å². The third kappa shape index (κ3) is 3.01. The fourth-order valence-electron chi connectivity index (χ4n) is 3.32. The molecule has 2 aromatic rings. The zero-order valence-electron chi connectivity index (χ0n) is 13.7. The molecule has 3 heterocycles. The Kier molecular flexibility index (Phi) is 4.45. The van der Waals surface area contributed by atoms with Gasteiger partial charge in [-0.2, -0.15) is 5.10 Å². The quantitative estimate of drug-likeness (QED) is 0.943. The second-order valence-corrected chi connectivity index (χ2v) is 6.84. The van der Waals surface area contributed by atoms with E-state index in [0.29, 0.717) is 24.6 Å². The Hall–Kier alpha value is -1.46. The number of aliphatic hydroxyl groups excluding tert-OH is 1. The molecule has 5 heteroatoms. The Labute approximate surface area is 132 Å². The first-order valence-electron chi connectivity index (χ1n) is 8.25. The molecule has 5 nitrogen and oxygen atoms in total. The molecule has 120 valence electrons. The molecule has 1 N–H and O–H groups in total. The van der Waals surface area contributed by atoms with Gasteiger partial charge in [0.15, 0.2) is 5.65 Å². The van der Waals surface area contributed by atoms with Crippen molar-refractivity contribution in [2.45, 2.75) is 52.2 Å². The van der Waals surface area contributed by atoms with Gasteiger partial charge in [0.25, 0.3) is 0 Å². The number of aliphatic hydroxyl groups is 1. The standard InChI is InChI=1S/C17H26N4O/c1-12(2)21-17-16(8-19-21)6-15(7-18-17)10-20-9-14(11-22)5-4-13(20)3/h6-8,12-14,22H,4-5,9-11H2,1-3H3. The van der Waals surface area contributed by atoms with Crippen LogP contribution in [0.15, 0.2) is 18.5 Å². The average Bonchev–Trinajstić information content (AvgIpc) is 2.93. The lowest BCUT2D eigenvalue weighted by Gasteiger charge is -2.37. The Morgan fingerprint density at radius 3 is 2.86 bits per heavy atom. The van der Waals surface area contributed by atoms with Gasteiger partial charge in [0.2, 0.25) is 0 Å². The van der Waals surface area contributed by atoms with Crippen LogP contribution in [-0.2, 0) is 6.54 Å². The van der Waals surface area contributed by atoms with Gasteiger partial charge in [0, 0.05) is 43.4 Å². The SMILES string of the molecule is CC1CCC(CO)CN1Cc1cnc2c(cnn2C(C)C)c1. The van der Waals surface area contributed by atoms with E-state index in [-0.39, 0.29) is 0 Å². The smallest absolute Gasteiger partial charge is 0.157 e. The van der Waals surface area contributed by atoms with Gasteiger partial charge < -0.3 is 5.11 Å². The van der Waals surface area contributed by atoms with Gasteiger partial charge in [-0.25, -0.2) is 9.67 Å². The van der Waals surface area contributed by atoms with Gasteiger partial charge in [-0.3, -0.25) is 4.90 Å². The highest BCUT2D eigenvalue weighted by molar-refractivity contribution is 5.75. The molecule has 3 rings (SSSR count). The van der Waals surface area contributed by atoms with Crippen LogP contribution >= 0.6 is 0 Å². The normalized spacial score (nSPS) is 23.5. The Morgan fingerprint density at radius 1 is 1.32 bits per heavy atom. The number of piperidine rings is 1. The van der Waals surface area contributed by atoms with Crippen molar-refractivity contribution in [3.63, 3.8) is 0 Å². The second kappa shape index (κ2) is 6.34. The van der Waals surface area contributed by atoms with Crippen LogP contribution in [0.1, 0.15) is 45.2 Å². The van der Waals surface area contributed by atoms with E-state index in [1.54, 1.807) is 0 Å². The van der Waals surface area contributed by atoms with Crippen molar-refractivity contribution >= 4 is 11.0 Å². The van der Waals surface area contributed by atoms with Crippen LogP contribution in [0.3, 0.4) is 0 Å². The lowest BCUT2D eigenvalue weighted by molar-refractivity contribution is 0.0771. The van der Waals surface area contributed by atoms with Crippen LogP contribution in [0.25, 0.3) is 11.0 Å². The zero-order chi connectivity index (χ0) is 15.7. The third-order valence-electron chi connectivity index (χ3n) is 4.73. The topological polar surface area (TPSA) is 54.2 Å². The number of nitrogens with zero attached hydrogens (tertiary/aromatic N) is 4. The van der Waals surface area contributed by atoms with Crippen molar-refractivity contribution in [1.29, 1.82) is 0 Å². The van der Waals surface area contributed by atoms with E-state index in [9.17, 15) is 5.11 Å². The van der Waals surface area contributed by atoms with Gasteiger partial charge >= 0.3 is 0 Å². The fraction of sp³-hybridized carbons (Fsp3) is 0.647. The summed E-state index contributed by atoms with van der Waals surface area (Å²) in [6.07, 6.45) is 6.17. The molecule has 0 spiro atoms. The first-order valence-corrected chi connectivity index (χ1v) is 8.25. The van der Waals surface area contributed by atoms with Gasteiger partial charge in [0.1, 0.15) is 0 Å². The molecule has 1 saturated heterocycles. The van der Waals surface area contributed by atoms with Crippen molar-refractivity contribution < 1.29 is 5.11 Å². The summed E-state index contributed by atoms with van der Waals surface area (Å²) in [6, 6.07) is 3.09. The molecule has 2 unspecified atom stereocenters. The lowest BCUT2D eigenvalue weighted by atomic mass is 9.94. The van der Waals surface area contributed by atoms with Crippen molar-refractivity contribution in [3.8, 4) is 0 Å². The van der Waals surface area contributed by atoms with E-state index >= 15 is 0 Å². The molecule has 0 radical (unpaired) electrons. The maximum Gasteiger partial charge on any atom is 0.157 e. The van der Waals surface area contributed by atoms with E-state index < -0.39 is 0 Å². The molecule has 1 fully saturated rings. The van der Waals surface area contributed by atoms with E-state index in [2.05, 4.69) is 41.8 Å². The van der Waals surface area contributed by atoms with Crippen LogP contribution in [0.4, 0.5) is 0 Å². The molecule has 0 bridgehead atoms. The molecule has 0 aliphatic carbocycles. The first-order chi connectivity index (χ1) is 10.6. The van der Waals surface area contributed by atoms with E-state index in [1.165, 1.54) is 5.56 Å². The van der Waals surface area contributed by atoms with Crippen molar-refractivity contribution in [1.82, 2.24) is 19.7 Å². The summed E-state index contributed by atoms with van der Waals surface area (Å²) in [4.78, 5) is 7.07. The van der Waals surface area contributed by atoms with Crippen LogP contribution in [0.2, 0.25) is 0 Å². The summed E-state index contributed by atoms with van der Waals surface area (Å²) in [5, 5.41) is 14.9. The van der Waals surface area contributed by atoms with Crippen molar-refractivity contribution in [2.75, 3.05) is 13.2 Å². The van der Waals surface area contributed by atoms with Crippen LogP contribution < -0.4 is 0 Å². The fourth-order valence-corrected chi connectivity index (χ4v) is 3.32. The van der Waals surface area contributed by atoms with Crippen molar-refractivity contribution in [2.24, 2.45) is 5.92 Å². The number of likely N-dealkylation sites (tertiary alicyclic amines) is 1. The minimum Gasteiger partial charge on any atom is -0.396 e. The summed E-state index contributed by atoms with van der Waals surface area (Å²) >= 11 is 0. The highest BCUT2D eigenvalue weighted by Gasteiger charge is 2.25. The monoisotopic (exact) mass is 302 g/mol. The lowest BCUT2D eigenvalue weighted by Crippen LogP contribution is -2.42. The maximum atomic E-state index is 9.41. The molecule has 2 atom stereocenters. The number of pyridine rings is 1. The molecule has 2 aromatic heterocycles. The molecular weight excluding hydrogens is 276 g/mol. The molecule has 0 saturated carbocycles. The summed E-state index contributed by atoms with van der Waals surface area (Å²) in [5.41, 5.74) is 2.18. The average molecular weight is 302 g/mol. The maximum absolute atomic E-state index is 9.41. The second-order valence-electron chi connectivity index (χ2n) is 6.84. The molecule has 0 aromatic carbocycles. The van der Waals surface area contributed by atoms with E-state index in [1.807, 2.05) is 17.1 Å². The summed E-state index contributed by atoms with van der Waals surface area (Å²) in [7, 11) is 0. The Morgan fingerprint density at radius 2 is 2.14 bits per heavy atom. The van der Waals surface area contributed by atoms with Gasteiger partial charge in [-0.05, 0) is 51.2 Å². The largest absolute Gasteiger partial charge is 0.396 e. The molecular formula is C17H26N4O. The number of hydrogen-bond acceptors (Lipinski definition) is 4. The van der Waals surface area contributed by atoms with Gasteiger partial charge in [-0.1, -0.05) is 0 Å². The van der Waals surface area contributed by atoms with Gasteiger partial charge in [-0.15, -0.1) is 0 Å². The van der Waals surface area contributed by atoms with Crippen LogP contribution in [-0.4, -0.2) is 44.0 Å². The summed E-state index contributed by atoms with van der Waals surface area (Å²) < 4.78 is 1.96. The Bertz CT molecular complexity index is 637. The predicted molar refractivity (Wildman–Crippen MR) is 87.6 cm³/mol. The summed E-state index contributed by atoms with van der Waals surface area (Å²) in [6.45, 7) is 8.67. The molecule has 22 heavy (non-hydrogen) atoms. The van der Waals surface area contributed by atoms with Crippen LogP contribution in [0, 0.1) is 5.92 Å². The van der Waals surface area contributed by atoms with Crippen LogP contribution in [0.5, 0.6) is 0 Å². The first kappa shape index (κ1) is 15.4. The predicted octanol–water partition coefficient (Wildman–Crippen LogP) is 2.61. The number of hydrogen-bond donors (Lipinski definition) is 1. The number of rotatable bonds is 4. The summed E-state index contributed by atoms with van der Waals surface area (Å²) in [5.74, 6) is 0.414. The highest BCUT2D eigenvalue weighted by Crippen LogP contribution is 2.24. The Balaban J connectivity index is 1.79. The molecule has 0 amide bonds. The number of fused-ring (bicyclic) bond motifs is 1. The van der Waals surface area contributed by atoms with E-state index in [4.69, 9.17) is 0 Å². The minimum absolute atomic E-state index is 0.293. The molecule has 1 aliphatic rings. The van der Waals surface area contributed by atoms with Gasteiger partial charge in [0.05, 0.1) is 6.20 Å². The zero-order valence-corrected chi connectivity index (χ0v) is 13.7. The number of aromatic nitrogens is 3.